The van der Waals surface area contributed by atoms with Crippen molar-refractivity contribution in [2.75, 3.05) is 24.7 Å². The van der Waals surface area contributed by atoms with E-state index in [1.54, 1.807) is 0 Å². The Morgan fingerprint density at radius 2 is 1.11 bits per heavy atom. The molecule has 10 atom stereocenters. The van der Waals surface area contributed by atoms with Crippen molar-refractivity contribution in [3.63, 3.8) is 0 Å². The van der Waals surface area contributed by atoms with Gasteiger partial charge in [-0.05, 0) is 0 Å². The first-order chi connectivity index (χ1) is 20.9. The molecule has 4 aromatic rings. The number of rotatable bonds is 2. The number of hydrogen-bond donors (Lipinski definition) is 6. The molecule has 3 fully saturated rings. The first-order valence-corrected chi connectivity index (χ1v) is 15.8. The van der Waals surface area contributed by atoms with Crippen LogP contribution in [0.5, 0.6) is 0 Å². The lowest BCUT2D eigenvalue weighted by molar-refractivity contribution is -0.0664. The fraction of sp³-hybridized carbons (Fsp3) is 0.500. The largest absolute Gasteiger partial charge is 0.472 e. The van der Waals surface area contributed by atoms with Gasteiger partial charge in [-0.15, -0.1) is 0 Å². The number of nitrogen functional groups attached to an aromatic ring is 2. The monoisotopic (exact) mass is 658 g/mol. The van der Waals surface area contributed by atoms with E-state index in [4.69, 9.17) is 39.0 Å². The van der Waals surface area contributed by atoms with Gasteiger partial charge in [-0.25, -0.2) is 39.0 Å². The van der Waals surface area contributed by atoms with Gasteiger partial charge in [0, 0.05) is 0 Å². The van der Waals surface area contributed by atoms with Crippen molar-refractivity contribution in [1.82, 2.24) is 39.0 Å². The van der Waals surface area contributed by atoms with E-state index in [9.17, 15) is 29.1 Å². The van der Waals surface area contributed by atoms with Crippen LogP contribution in [0.4, 0.5) is 11.6 Å². The number of fused-ring (bicyclic) bond motifs is 4. The smallest absolute Gasteiger partial charge is 0.386 e. The van der Waals surface area contributed by atoms with Crippen LogP contribution in [0, 0.1) is 0 Å². The molecule has 10 unspecified atom stereocenters. The number of aliphatic hydroxyl groups excluding tert-OH is 2. The number of hydrogen-bond acceptors (Lipinski definition) is 18. The van der Waals surface area contributed by atoms with Gasteiger partial charge in [-0.3, -0.25) is 27.2 Å². The van der Waals surface area contributed by atoms with Gasteiger partial charge in [0.05, 0.1) is 25.9 Å². The summed E-state index contributed by atoms with van der Waals surface area (Å²) in [6.45, 7) is -1.56. The standard InChI is InChI=1S/C20H24N10O12P2/c21-15-9-17(25-3-23-15)29(5-27-9)19-11(31)13-7(39-19)1-37-43(33,34)42-14-8(2-38-44(35,36)41-13)40-20(12(14)32)30-6-28-10-16(22)24-4-26-18(10)30/h3-8,11-14,19-20,31-32H,1-2H2,(H,33,34)(H,35,36)(H2,21,23,25)(H2,22,24,26). The third-order valence-corrected chi connectivity index (χ3v) is 9.23. The molecule has 236 valence electrons. The SMILES string of the molecule is Nc1ncnc2c1ncn2C1OC2COP(=O)(O)OC3C(COP(=O)(O)OC2C1O)OC(n1cnc2c(N)ncnc21)C3O. The van der Waals surface area contributed by atoms with Gasteiger partial charge < -0.3 is 40.9 Å². The molecule has 0 aromatic carbocycles. The predicted octanol–water partition coefficient (Wildman–Crippen LogP) is -1.63. The molecule has 0 amide bonds. The van der Waals surface area contributed by atoms with Crippen molar-refractivity contribution in [2.24, 2.45) is 0 Å². The van der Waals surface area contributed by atoms with E-state index in [2.05, 4.69) is 29.9 Å². The quantitative estimate of drug-likeness (QED) is 0.132. The molecule has 0 bridgehead atoms. The van der Waals surface area contributed by atoms with Crippen LogP contribution in [0.25, 0.3) is 22.3 Å². The maximum atomic E-state index is 13.1. The normalized spacial score (nSPS) is 38.3. The Morgan fingerprint density at radius 3 is 1.52 bits per heavy atom. The second-order valence-corrected chi connectivity index (χ2v) is 12.8. The van der Waals surface area contributed by atoms with Crippen LogP contribution in [0.15, 0.2) is 25.3 Å². The molecule has 0 saturated carbocycles. The van der Waals surface area contributed by atoms with Crippen LogP contribution in [0.3, 0.4) is 0 Å². The third-order valence-electron chi connectivity index (χ3n) is 7.26. The van der Waals surface area contributed by atoms with Crippen molar-refractivity contribution in [2.45, 2.75) is 49.1 Å². The molecule has 3 saturated heterocycles. The Kier molecular flexibility index (Phi) is 7.16. The van der Waals surface area contributed by atoms with Gasteiger partial charge in [0.2, 0.25) is 0 Å². The van der Waals surface area contributed by atoms with E-state index in [1.807, 2.05) is 0 Å². The average Bonchev–Trinajstić information content (AvgIpc) is 3.73. The minimum atomic E-state index is -5.00. The highest BCUT2D eigenvalue weighted by Crippen LogP contribution is 2.53. The summed E-state index contributed by atoms with van der Waals surface area (Å²) in [5, 5.41) is 22.2. The topological polar surface area (TPSA) is 310 Å². The van der Waals surface area contributed by atoms with Crippen molar-refractivity contribution >= 4 is 49.6 Å². The molecular weight excluding hydrogens is 634 g/mol. The minimum absolute atomic E-state index is 0.0507. The van der Waals surface area contributed by atoms with Crippen LogP contribution in [0.2, 0.25) is 0 Å². The van der Waals surface area contributed by atoms with Gasteiger partial charge in [0.25, 0.3) is 0 Å². The molecule has 3 aliphatic heterocycles. The zero-order valence-electron chi connectivity index (χ0n) is 22.0. The van der Waals surface area contributed by atoms with E-state index in [1.165, 1.54) is 21.8 Å². The summed E-state index contributed by atoms with van der Waals surface area (Å²) in [6, 6.07) is 0. The first kappa shape index (κ1) is 29.5. The summed E-state index contributed by atoms with van der Waals surface area (Å²) in [6.07, 6.45) is -7.30. The number of aromatic nitrogens is 8. The van der Waals surface area contributed by atoms with Gasteiger partial charge in [-0.2, -0.15) is 0 Å². The summed E-state index contributed by atoms with van der Waals surface area (Å²) in [5.74, 6) is 0.101. The highest BCUT2D eigenvalue weighted by molar-refractivity contribution is 7.47. The maximum absolute atomic E-state index is 13.1. The highest BCUT2D eigenvalue weighted by atomic mass is 31.2. The predicted molar refractivity (Wildman–Crippen MR) is 141 cm³/mol. The molecule has 0 spiro atoms. The van der Waals surface area contributed by atoms with E-state index >= 15 is 0 Å². The molecule has 0 aliphatic carbocycles. The Labute approximate surface area is 244 Å². The Bertz CT molecular complexity index is 1690. The van der Waals surface area contributed by atoms with Crippen LogP contribution in [-0.4, -0.2) is 109 Å². The summed E-state index contributed by atoms with van der Waals surface area (Å²) < 4.78 is 61.2. The van der Waals surface area contributed by atoms with Gasteiger partial charge in [0.1, 0.15) is 60.3 Å². The lowest BCUT2D eigenvalue weighted by Gasteiger charge is -2.27. The minimum Gasteiger partial charge on any atom is -0.386 e. The van der Waals surface area contributed by atoms with Crippen molar-refractivity contribution < 1.29 is 56.7 Å². The second-order valence-electron chi connectivity index (χ2n) is 9.95. The van der Waals surface area contributed by atoms with E-state index in [0.717, 1.165) is 12.7 Å². The van der Waals surface area contributed by atoms with E-state index < -0.39 is 77.9 Å². The van der Waals surface area contributed by atoms with Crippen molar-refractivity contribution in [3.8, 4) is 0 Å². The lowest BCUT2D eigenvalue weighted by Crippen LogP contribution is -2.39. The summed E-state index contributed by atoms with van der Waals surface area (Å²) in [5.41, 5.74) is 12.4. The summed E-state index contributed by atoms with van der Waals surface area (Å²) >= 11 is 0. The van der Waals surface area contributed by atoms with Gasteiger partial charge in [-0.1, -0.05) is 0 Å². The van der Waals surface area contributed by atoms with Crippen LogP contribution < -0.4 is 11.5 Å². The number of ether oxygens (including phenoxy) is 2. The Hall–Kier alpha value is -3.24. The summed E-state index contributed by atoms with van der Waals surface area (Å²) in [4.78, 5) is 45.3. The zero-order chi connectivity index (χ0) is 31.0. The lowest BCUT2D eigenvalue weighted by atomic mass is 10.1. The van der Waals surface area contributed by atoms with Gasteiger partial charge >= 0.3 is 15.6 Å². The Balaban J connectivity index is 1.17. The molecule has 24 heteroatoms. The second kappa shape index (κ2) is 10.7. The van der Waals surface area contributed by atoms with E-state index in [-0.39, 0.29) is 34.0 Å². The fourth-order valence-electron chi connectivity index (χ4n) is 5.24. The fourth-order valence-corrected chi connectivity index (χ4v) is 7.17. The van der Waals surface area contributed by atoms with Crippen molar-refractivity contribution in [3.05, 3.63) is 25.3 Å². The molecular formula is C20H24N10O12P2. The number of phosphoric acid groups is 2. The van der Waals surface area contributed by atoms with E-state index in [0.29, 0.717) is 0 Å². The van der Waals surface area contributed by atoms with Crippen LogP contribution in [0.1, 0.15) is 12.5 Å². The molecule has 3 aliphatic rings. The molecule has 7 rings (SSSR count). The molecule has 7 heterocycles. The number of phosphoric ester groups is 2. The molecule has 0 radical (unpaired) electrons. The molecule has 8 N–H and O–H groups in total. The number of imidazole rings is 2. The van der Waals surface area contributed by atoms with Crippen LogP contribution in [-0.2, 0) is 36.7 Å². The third kappa shape index (κ3) is 5.04. The number of nitrogens with two attached hydrogens (primary N) is 2. The summed E-state index contributed by atoms with van der Waals surface area (Å²) in [7, 11) is -10.0. The first-order valence-electron chi connectivity index (χ1n) is 12.8. The van der Waals surface area contributed by atoms with Crippen molar-refractivity contribution in [1.29, 1.82) is 0 Å². The zero-order valence-corrected chi connectivity index (χ0v) is 23.8. The molecule has 44 heavy (non-hydrogen) atoms. The Morgan fingerprint density at radius 1 is 0.705 bits per heavy atom. The number of anilines is 2. The molecule has 22 nitrogen and oxygen atoms in total. The highest BCUT2D eigenvalue weighted by Gasteiger charge is 2.54. The maximum Gasteiger partial charge on any atom is 0.472 e. The number of aliphatic hydroxyl groups is 2. The molecule has 4 aromatic heterocycles. The number of nitrogens with zero attached hydrogens (tertiary/aromatic N) is 8. The van der Waals surface area contributed by atoms with Crippen LogP contribution >= 0.6 is 15.6 Å². The average molecular weight is 658 g/mol. The van der Waals surface area contributed by atoms with Gasteiger partial charge in [0.15, 0.2) is 35.4 Å².